The van der Waals surface area contributed by atoms with Gasteiger partial charge in [0.05, 0.1) is 18.7 Å². The monoisotopic (exact) mass is 522 g/mol. The molecule has 0 saturated heterocycles. The summed E-state index contributed by atoms with van der Waals surface area (Å²) in [5.74, 6) is -0.722. The molecule has 196 valence electrons. The normalized spacial score (nSPS) is 11.5. The van der Waals surface area contributed by atoms with E-state index in [0.29, 0.717) is 23.0 Å². The number of hydrogen-bond donors (Lipinski definition) is 2. The molecule has 0 spiro atoms. The molecule has 3 aromatic rings. The average Bonchev–Trinajstić information content (AvgIpc) is 3.32. The minimum atomic E-state index is -0.364. The maximum Gasteiger partial charge on any atom is 0.254 e. The Morgan fingerprint density at radius 2 is 1.78 bits per heavy atom. The smallest absolute Gasteiger partial charge is 0.254 e. The summed E-state index contributed by atoms with van der Waals surface area (Å²) in [7, 11) is 1.55. The van der Waals surface area contributed by atoms with E-state index in [1.54, 1.807) is 24.6 Å². The highest BCUT2D eigenvalue weighted by atomic mass is 32.1. The van der Waals surface area contributed by atoms with Crippen LogP contribution in [0.4, 0.5) is 5.13 Å². The quantitative estimate of drug-likeness (QED) is 0.355. The summed E-state index contributed by atoms with van der Waals surface area (Å²) in [4.78, 5) is 43.9. The van der Waals surface area contributed by atoms with Crippen LogP contribution in [0.1, 0.15) is 40.5 Å². The van der Waals surface area contributed by atoms with Crippen molar-refractivity contribution in [3.63, 3.8) is 0 Å². The second kappa shape index (κ2) is 14.2. The highest BCUT2D eigenvalue weighted by molar-refractivity contribution is 7.13. The van der Waals surface area contributed by atoms with Gasteiger partial charge in [-0.25, -0.2) is 4.98 Å². The molecular weight excluding hydrogens is 488 g/mol. The topological polar surface area (TPSA) is 101 Å². The first-order valence-corrected chi connectivity index (χ1v) is 13.1. The van der Waals surface area contributed by atoms with Crippen LogP contribution in [0, 0.1) is 6.92 Å². The summed E-state index contributed by atoms with van der Waals surface area (Å²) in [5, 5.41) is 7.89. The van der Waals surface area contributed by atoms with Crippen LogP contribution >= 0.6 is 11.3 Å². The Kier molecular flexibility index (Phi) is 10.8. The molecule has 0 fully saturated rings. The van der Waals surface area contributed by atoms with E-state index in [-0.39, 0.29) is 43.3 Å². The first-order chi connectivity index (χ1) is 17.8. The number of methoxy groups -OCH3 is 1. The highest BCUT2D eigenvalue weighted by Crippen LogP contribution is 2.16. The van der Waals surface area contributed by atoms with Gasteiger partial charge in [-0.2, -0.15) is 0 Å². The fourth-order valence-corrected chi connectivity index (χ4v) is 4.43. The Morgan fingerprint density at radius 1 is 1.05 bits per heavy atom. The number of nitrogens with zero attached hydrogens (tertiary/aromatic N) is 2. The van der Waals surface area contributed by atoms with Crippen molar-refractivity contribution in [3.05, 3.63) is 82.4 Å². The van der Waals surface area contributed by atoms with Crippen LogP contribution in [-0.4, -0.2) is 60.5 Å². The molecule has 9 heteroatoms. The van der Waals surface area contributed by atoms with Crippen molar-refractivity contribution in [1.82, 2.24) is 15.2 Å². The van der Waals surface area contributed by atoms with E-state index in [1.165, 1.54) is 21.8 Å². The number of carbonyl (C=O) groups is 3. The van der Waals surface area contributed by atoms with Gasteiger partial charge in [0.25, 0.3) is 5.91 Å². The molecule has 2 N–H and O–H groups in total. The number of ether oxygens (including phenoxy) is 1. The maximum absolute atomic E-state index is 12.9. The van der Waals surface area contributed by atoms with Crippen molar-refractivity contribution in [2.24, 2.45) is 0 Å². The zero-order valence-electron chi connectivity index (χ0n) is 21.5. The summed E-state index contributed by atoms with van der Waals surface area (Å²) >= 11 is 1.25. The highest BCUT2D eigenvalue weighted by Gasteiger charge is 2.20. The lowest BCUT2D eigenvalue weighted by atomic mass is 10.1. The fraction of sp³-hybridized carbons (Fsp3) is 0.357. The van der Waals surface area contributed by atoms with Crippen molar-refractivity contribution in [1.29, 1.82) is 0 Å². The van der Waals surface area contributed by atoms with Gasteiger partial charge in [0.1, 0.15) is 6.54 Å². The van der Waals surface area contributed by atoms with Crippen molar-refractivity contribution < 1.29 is 19.1 Å². The first kappa shape index (κ1) is 28.0. The Balaban J connectivity index is 1.48. The second-order valence-electron chi connectivity index (χ2n) is 8.95. The standard InChI is InChI=1S/C28H34N4O4S/c1-20-9-13-23(14-10-20)27(35)32(15-16-36-3)18-26(34)31-28-30-24(19-37-28)17-25(33)29-21(2)11-12-22-7-5-4-6-8-22/h4-10,13-14,19,21H,11-12,15-18H2,1-3H3,(H,29,33)(H,30,31,34). The molecule has 1 heterocycles. The van der Waals surface area contributed by atoms with Crippen LogP contribution in [0.25, 0.3) is 0 Å². The minimum absolute atomic E-state index is 0.0367. The van der Waals surface area contributed by atoms with Crippen molar-refractivity contribution in [2.45, 2.75) is 39.2 Å². The zero-order valence-corrected chi connectivity index (χ0v) is 22.3. The lowest BCUT2D eigenvalue weighted by Gasteiger charge is -2.21. The van der Waals surface area contributed by atoms with Crippen LogP contribution in [0.2, 0.25) is 0 Å². The van der Waals surface area contributed by atoms with Gasteiger partial charge in [0, 0.05) is 30.6 Å². The second-order valence-corrected chi connectivity index (χ2v) is 9.81. The van der Waals surface area contributed by atoms with Crippen molar-refractivity contribution >= 4 is 34.2 Å². The van der Waals surface area contributed by atoms with Crippen LogP contribution < -0.4 is 10.6 Å². The van der Waals surface area contributed by atoms with E-state index < -0.39 is 0 Å². The SMILES string of the molecule is COCCN(CC(=O)Nc1nc(CC(=O)NC(C)CCc2ccccc2)cs1)C(=O)c1ccc(C)cc1. The lowest BCUT2D eigenvalue weighted by molar-refractivity contribution is -0.121. The van der Waals surface area contributed by atoms with Gasteiger partial charge in [0.15, 0.2) is 5.13 Å². The lowest BCUT2D eigenvalue weighted by Crippen LogP contribution is -2.40. The third-order valence-electron chi connectivity index (χ3n) is 5.74. The third-order valence-corrected chi connectivity index (χ3v) is 6.55. The maximum atomic E-state index is 12.9. The molecule has 1 aromatic heterocycles. The third kappa shape index (κ3) is 9.44. The summed E-state index contributed by atoms with van der Waals surface area (Å²) < 4.78 is 5.11. The number of thiazole rings is 1. The van der Waals surface area contributed by atoms with Crippen LogP contribution in [0.3, 0.4) is 0 Å². The largest absolute Gasteiger partial charge is 0.383 e. The van der Waals surface area contributed by atoms with E-state index in [9.17, 15) is 14.4 Å². The van der Waals surface area contributed by atoms with Gasteiger partial charge in [-0.05, 0) is 44.4 Å². The molecule has 0 aliphatic rings. The number of nitrogens with one attached hydrogen (secondary N) is 2. The van der Waals surface area contributed by atoms with Gasteiger partial charge in [-0.15, -0.1) is 11.3 Å². The van der Waals surface area contributed by atoms with E-state index in [0.717, 1.165) is 18.4 Å². The van der Waals surface area contributed by atoms with Gasteiger partial charge in [0.2, 0.25) is 11.8 Å². The van der Waals surface area contributed by atoms with Crippen LogP contribution in [-0.2, 0) is 27.2 Å². The molecule has 0 saturated carbocycles. The van der Waals surface area contributed by atoms with Gasteiger partial charge in [-0.3, -0.25) is 14.4 Å². The zero-order chi connectivity index (χ0) is 26.6. The number of aromatic nitrogens is 1. The molecule has 3 amide bonds. The van der Waals surface area contributed by atoms with Gasteiger partial charge < -0.3 is 20.3 Å². The fourth-order valence-electron chi connectivity index (χ4n) is 3.70. The number of rotatable bonds is 13. The first-order valence-electron chi connectivity index (χ1n) is 12.3. The predicted octanol–water partition coefficient (Wildman–Crippen LogP) is 3.86. The van der Waals surface area contributed by atoms with Crippen LogP contribution in [0.15, 0.2) is 60.0 Å². The average molecular weight is 523 g/mol. The van der Waals surface area contributed by atoms with E-state index in [1.807, 2.05) is 44.2 Å². The minimum Gasteiger partial charge on any atom is -0.383 e. The molecule has 37 heavy (non-hydrogen) atoms. The number of amides is 3. The Morgan fingerprint density at radius 3 is 2.49 bits per heavy atom. The number of benzene rings is 2. The Bertz CT molecular complexity index is 1160. The molecule has 0 aliphatic heterocycles. The number of anilines is 1. The summed E-state index contributed by atoms with van der Waals surface area (Å²) in [6.07, 6.45) is 1.87. The molecule has 1 atom stereocenters. The molecular formula is C28H34N4O4S. The van der Waals surface area contributed by atoms with Crippen LogP contribution in [0.5, 0.6) is 0 Å². The Hall–Kier alpha value is -3.56. The number of carbonyl (C=O) groups excluding carboxylic acids is 3. The summed E-state index contributed by atoms with van der Waals surface area (Å²) in [6, 6.07) is 17.4. The van der Waals surface area contributed by atoms with E-state index in [4.69, 9.17) is 4.74 Å². The predicted molar refractivity (Wildman–Crippen MR) is 146 cm³/mol. The molecule has 0 aliphatic carbocycles. The molecule has 3 rings (SSSR count). The van der Waals surface area contributed by atoms with Crippen molar-refractivity contribution in [3.8, 4) is 0 Å². The summed E-state index contributed by atoms with van der Waals surface area (Å²) in [5.41, 5.74) is 3.38. The number of aryl methyl sites for hydroxylation is 2. The number of hydrogen-bond acceptors (Lipinski definition) is 6. The molecule has 0 radical (unpaired) electrons. The molecule has 8 nitrogen and oxygen atoms in total. The van der Waals surface area contributed by atoms with Crippen molar-refractivity contribution in [2.75, 3.05) is 32.1 Å². The molecule has 0 bridgehead atoms. The van der Waals surface area contributed by atoms with Gasteiger partial charge >= 0.3 is 0 Å². The van der Waals surface area contributed by atoms with E-state index >= 15 is 0 Å². The van der Waals surface area contributed by atoms with Gasteiger partial charge in [-0.1, -0.05) is 48.0 Å². The Labute approximate surface area is 222 Å². The van der Waals surface area contributed by atoms with E-state index in [2.05, 4.69) is 27.8 Å². The molecule has 1 unspecified atom stereocenters. The molecule has 2 aromatic carbocycles. The summed E-state index contributed by atoms with van der Waals surface area (Å²) in [6.45, 7) is 4.39.